The van der Waals surface area contributed by atoms with E-state index in [2.05, 4.69) is 5.32 Å². The number of fused-ring (bicyclic) bond motifs is 5. The molecule has 258 valence electrons. The number of rotatable bonds is 6. The van der Waals surface area contributed by atoms with Crippen LogP contribution in [-0.4, -0.2) is 86.6 Å². The molecule has 3 aliphatic rings. The largest absolute Gasteiger partial charge is 0.496 e. The zero-order valence-electron chi connectivity index (χ0n) is 28.6. The van der Waals surface area contributed by atoms with Crippen molar-refractivity contribution in [3.63, 3.8) is 0 Å². The van der Waals surface area contributed by atoms with E-state index < -0.39 is 59.6 Å². The predicted octanol–water partition coefficient (Wildman–Crippen LogP) is 3.64. The first-order chi connectivity index (χ1) is 22.2. The van der Waals surface area contributed by atoms with Crippen LogP contribution < -0.4 is 20.7 Å². The van der Waals surface area contributed by atoms with Crippen molar-refractivity contribution in [2.24, 2.45) is 17.6 Å². The van der Waals surface area contributed by atoms with Crippen LogP contribution in [0.5, 0.6) is 5.75 Å². The number of benzene rings is 1. The number of carbonyl (C=O) groups is 3. The van der Waals surface area contributed by atoms with Crippen LogP contribution in [0.2, 0.25) is 0 Å². The Hall–Kier alpha value is -3.71. The van der Waals surface area contributed by atoms with Crippen LogP contribution in [-0.2, 0) is 35.0 Å². The highest BCUT2D eigenvalue weighted by Gasteiger charge is 2.64. The first-order valence-electron chi connectivity index (χ1n) is 16.0. The molecule has 2 saturated heterocycles. The summed E-state index contributed by atoms with van der Waals surface area (Å²) in [6.07, 6.45) is 5.35. The number of hydrogen-bond donors (Lipinski definition) is 3. The van der Waals surface area contributed by atoms with Gasteiger partial charge < -0.3 is 39.4 Å². The van der Waals surface area contributed by atoms with Gasteiger partial charge in [-0.15, -0.1) is 0 Å². The number of esters is 1. The summed E-state index contributed by atoms with van der Waals surface area (Å²) >= 11 is 0. The maximum Gasteiger partial charge on any atom is 0.409 e. The third kappa shape index (κ3) is 7.89. The number of nitrogens with one attached hydrogen (secondary N) is 1. The van der Waals surface area contributed by atoms with E-state index in [4.69, 9.17) is 29.4 Å². The Morgan fingerprint density at radius 2 is 2.00 bits per heavy atom. The van der Waals surface area contributed by atoms with Gasteiger partial charge in [-0.3, -0.25) is 14.9 Å². The second-order valence-electron chi connectivity index (χ2n) is 13.1. The molecule has 3 heterocycles. The summed E-state index contributed by atoms with van der Waals surface area (Å²) in [4.78, 5) is 41.3. The Kier molecular flexibility index (Phi) is 11.2. The molecule has 47 heavy (non-hydrogen) atoms. The normalized spacial score (nSPS) is 33.4. The second-order valence-corrected chi connectivity index (χ2v) is 13.1. The third-order valence-electron chi connectivity index (χ3n) is 9.20. The second kappa shape index (κ2) is 14.6. The maximum atomic E-state index is 14.1. The Morgan fingerprint density at radius 1 is 1.28 bits per heavy atom. The van der Waals surface area contributed by atoms with Crippen molar-refractivity contribution in [2.75, 3.05) is 32.7 Å². The number of methoxy groups -OCH3 is 2. The number of allylic oxidation sites excluding steroid dienone is 3. The van der Waals surface area contributed by atoms with Crippen LogP contribution in [0, 0.1) is 11.8 Å². The molecule has 0 spiro atoms. The maximum absolute atomic E-state index is 14.1. The molecule has 0 aliphatic carbocycles. The summed E-state index contributed by atoms with van der Waals surface area (Å²) in [6.45, 7) is 9.32. The minimum absolute atomic E-state index is 0.00420. The Morgan fingerprint density at radius 3 is 2.64 bits per heavy atom. The van der Waals surface area contributed by atoms with Gasteiger partial charge in [0.1, 0.15) is 29.7 Å². The summed E-state index contributed by atoms with van der Waals surface area (Å²) < 4.78 is 29.2. The molecular formula is C35H49N3O9. The molecule has 0 aromatic heterocycles. The van der Waals surface area contributed by atoms with Gasteiger partial charge in [0.2, 0.25) is 5.91 Å². The lowest BCUT2D eigenvalue weighted by Crippen LogP contribution is -2.63. The van der Waals surface area contributed by atoms with Gasteiger partial charge in [-0.05, 0) is 38.0 Å². The molecule has 12 heteroatoms. The number of epoxide rings is 1. The minimum atomic E-state index is -1.77. The lowest BCUT2D eigenvalue weighted by Gasteiger charge is -2.42. The van der Waals surface area contributed by atoms with Gasteiger partial charge in [0.05, 0.1) is 31.2 Å². The number of alkyl carbamates (subject to hydrolysis) is 1. The SMILES string of the molecule is COc1cc2cc(c1/C=C/CN)N(C)C(=O)C[C@H](OC(=O)C(C)C)[C@]1(C)O[C@H]1[C@H](C)[C@@H]1C[C@@](O)(NC(=O)O1)[C@H](OC)/C=C/C=C(\C)C2. The first kappa shape index (κ1) is 36.1. The van der Waals surface area contributed by atoms with Crippen LogP contribution in [0.15, 0.2) is 42.0 Å². The number of carbonyl (C=O) groups excluding carboxylic acids is 3. The van der Waals surface area contributed by atoms with E-state index in [0.717, 1.165) is 11.1 Å². The van der Waals surface area contributed by atoms with E-state index in [-0.39, 0.29) is 18.7 Å². The zero-order chi connectivity index (χ0) is 34.7. The van der Waals surface area contributed by atoms with E-state index in [1.807, 2.05) is 38.1 Å². The van der Waals surface area contributed by atoms with Crippen molar-refractivity contribution in [1.29, 1.82) is 0 Å². The molecule has 4 N–H and O–H groups in total. The molecule has 1 aromatic carbocycles. The fourth-order valence-electron chi connectivity index (χ4n) is 6.32. The monoisotopic (exact) mass is 655 g/mol. The average Bonchev–Trinajstić information content (AvgIpc) is 3.71. The molecule has 0 unspecified atom stereocenters. The van der Waals surface area contributed by atoms with E-state index in [0.29, 0.717) is 30.0 Å². The van der Waals surface area contributed by atoms with E-state index in [9.17, 15) is 19.5 Å². The summed E-state index contributed by atoms with van der Waals surface area (Å²) in [5.74, 6) is -1.10. The first-order valence-corrected chi connectivity index (χ1v) is 16.0. The summed E-state index contributed by atoms with van der Waals surface area (Å²) in [5.41, 5.74) is 6.08. The lowest BCUT2D eigenvalue weighted by atomic mass is 9.83. The van der Waals surface area contributed by atoms with Gasteiger partial charge >= 0.3 is 12.1 Å². The van der Waals surface area contributed by atoms with Crippen LogP contribution in [0.25, 0.3) is 6.08 Å². The third-order valence-corrected chi connectivity index (χ3v) is 9.20. The van der Waals surface area contributed by atoms with Gasteiger partial charge in [-0.2, -0.15) is 0 Å². The quantitative estimate of drug-likeness (QED) is 0.305. The lowest BCUT2D eigenvalue weighted by molar-refractivity contribution is -0.157. The Bertz CT molecular complexity index is 1440. The predicted molar refractivity (Wildman–Crippen MR) is 177 cm³/mol. The summed E-state index contributed by atoms with van der Waals surface area (Å²) in [5, 5.41) is 14.2. The molecule has 4 rings (SSSR count). The van der Waals surface area contributed by atoms with Crippen LogP contribution >= 0.6 is 0 Å². The van der Waals surface area contributed by atoms with Crippen molar-refractivity contribution >= 4 is 29.7 Å². The molecular weight excluding hydrogens is 606 g/mol. The minimum Gasteiger partial charge on any atom is -0.496 e. The topological polar surface area (TPSA) is 162 Å². The highest BCUT2D eigenvalue weighted by atomic mass is 16.7. The molecule has 7 atom stereocenters. The molecule has 0 saturated carbocycles. The molecule has 1 aromatic rings. The van der Waals surface area contributed by atoms with Gasteiger partial charge in [-0.25, -0.2) is 4.79 Å². The van der Waals surface area contributed by atoms with Gasteiger partial charge in [0.15, 0.2) is 5.72 Å². The molecule has 12 nitrogen and oxygen atoms in total. The number of nitrogens with zero attached hydrogens (tertiary/aromatic N) is 1. The number of hydrogen-bond acceptors (Lipinski definition) is 10. The number of nitrogens with two attached hydrogens (primary N) is 1. The highest BCUT2D eigenvalue weighted by Crippen LogP contribution is 2.49. The number of anilines is 1. The standard InChI is InChI=1S/C35H49N3O9/c1-20(2)32(40)46-29-18-30(39)38(6)25-16-23(17-26(43-7)24(25)12-10-14-36)15-21(3)11-9-13-28(44-8)35(42)19-27(45-33(41)37-35)22(4)31-34(29,5)47-31/h9-13,16-17,20,22,27-29,31,42H,14-15,18-19,36H2,1-8H3,(H,37,41)/b12-10+,13-9+,21-11+/t22-,27+,28-,29+,31+,34+,35+/m1/s1. The van der Waals surface area contributed by atoms with Crippen molar-refractivity contribution in [2.45, 2.75) is 89.6 Å². The molecule has 2 amide bonds. The average molecular weight is 656 g/mol. The fraction of sp³-hybridized carbons (Fsp3) is 0.571. The molecule has 3 aliphatic heterocycles. The van der Waals surface area contributed by atoms with E-state index in [1.165, 1.54) is 12.0 Å². The van der Waals surface area contributed by atoms with Gasteiger partial charge in [-0.1, -0.05) is 56.7 Å². The highest BCUT2D eigenvalue weighted by molar-refractivity contribution is 5.96. The molecule has 0 radical (unpaired) electrons. The summed E-state index contributed by atoms with van der Waals surface area (Å²) in [6, 6.07) is 3.84. The van der Waals surface area contributed by atoms with Crippen LogP contribution in [0.4, 0.5) is 10.5 Å². The van der Waals surface area contributed by atoms with Crippen molar-refractivity contribution in [1.82, 2.24) is 5.32 Å². The molecule has 4 bridgehead atoms. The molecule has 2 fully saturated rings. The zero-order valence-corrected chi connectivity index (χ0v) is 28.6. The fourth-order valence-corrected chi connectivity index (χ4v) is 6.32. The number of amides is 2. The Labute approximate surface area is 276 Å². The van der Waals surface area contributed by atoms with Crippen LogP contribution in [0.3, 0.4) is 0 Å². The van der Waals surface area contributed by atoms with Crippen molar-refractivity contribution in [3.05, 3.63) is 53.1 Å². The Balaban J connectivity index is 1.84. The van der Waals surface area contributed by atoms with E-state index >= 15 is 0 Å². The summed E-state index contributed by atoms with van der Waals surface area (Å²) in [7, 11) is 4.70. The van der Waals surface area contributed by atoms with Gasteiger partial charge in [0, 0.05) is 38.6 Å². The number of ether oxygens (including phenoxy) is 5. The smallest absolute Gasteiger partial charge is 0.409 e. The number of aliphatic hydroxyl groups is 1. The van der Waals surface area contributed by atoms with Crippen molar-refractivity contribution < 1.29 is 43.2 Å². The van der Waals surface area contributed by atoms with Crippen LogP contribution in [0.1, 0.15) is 58.6 Å². The van der Waals surface area contributed by atoms with Gasteiger partial charge in [0.25, 0.3) is 0 Å². The van der Waals surface area contributed by atoms with Crippen molar-refractivity contribution in [3.8, 4) is 5.75 Å². The van der Waals surface area contributed by atoms with E-state index in [1.54, 1.807) is 53.2 Å².